The average molecular weight is 441 g/mol. The molecule has 0 saturated carbocycles. The second-order valence-corrected chi connectivity index (χ2v) is 7.22. The van der Waals surface area contributed by atoms with Crippen LogP contribution in [0.15, 0.2) is 42.5 Å². The second-order valence-electron chi connectivity index (χ2n) is 7.22. The molecule has 0 aliphatic carbocycles. The molecule has 10 heteroatoms. The van der Waals surface area contributed by atoms with Crippen molar-refractivity contribution in [2.75, 3.05) is 30.5 Å². The Kier molecular flexibility index (Phi) is 7.04. The number of esters is 1. The first-order valence-corrected chi connectivity index (χ1v) is 10.0. The van der Waals surface area contributed by atoms with E-state index in [1.807, 2.05) is 6.92 Å². The summed E-state index contributed by atoms with van der Waals surface area (Å²) in [6, 6.07) is 10.3. The van der Waals surface area contributed by atoms with Gasteiger partial charge in [-0.3, -0.25) is 19.7 Å². The molecular formula is C22H23N3O7. The van der Waals surface area contributed by atoms with Crippen LogP contribution in [0.4, 0.5) is 17.1 Å². The number of carbonyl (C=O) groups excluding carboxylic acids is 3. The molecule has 1 saturated heterocycles. The molecule has 10 nitrogen and oxygen atoms in total. The van der Waals surface area contributed by atoms with Crippen molar-refractivity contribution in [2.45, 2.75) is 19.8 Å². The van der Waals surface area contributed by atoms with E-state index in [9.17, 15) is 24.5 Å². The van der Waals surface area contributed by atoms with Crippen molar-refractivity contribution < 1.29 is 28.8 Å². The van der Waals surface area contributed by atoms with E-state index >= 15 is 0 Å². The van der Waals surface area contributed by atoms with Crippen molar-refractivity contribution in [3.05, 3.63) is 58.1 Å². The summed E-state index contributed by atoms with van der Waals surface area (Å²) in [5, 5.41) is 13.7. The topological polar surface area (TPSA) is 128 Å². The minimum atomic E-state index is -0.614. The third-order valence-corrected chi connectivity index (χ3v) is 4.99. The number of hydrogen-bond acceptors (Lipinski definition) is 7. The quantitative estimate of drug-likeness (QED) is 0.378. The monoisotopic (exact) mass is 441 g/mol. The number of nitrogens with one attached hydrogen (secondary N) is 1. The van der Waals surface area contributed by atoms with Crippen LogP contribution in [0.3, 0.4) is 0 Å². The van der Waals surface area contributed by atoms with Gasteiger partial charge >= 0.3 is 5.97 Å². The molecule has 1 heterocycles. The van der Waals surface area contributed by atoms with Crippen molar-refractivity contribution in [1.29, 1.82) is 0 Å². The maximum absolute atomic E-state index is 12.7. The lowest BCUT2D eigenvalue weighted by atomic mass is 10.1. The van der Waals surface area contributed by atoms with E-state index in [1.54, 1.807) is 24.3 Å². The van der Waals surface area contributed by atoms with Gasteiger partial charge in [0.15, 0.2) is 0 Å². The van der Waals surface area contributed by atoms with E-state index in [0.717, 1.165) is 6.42 Å². The van der Waals surface area contributed by atoms with Gasteiger partial charge in [0, 0.05) is 24.7 Å². The van der Waals surface area contributed by atoms with Crippen LogP contribution in [0.1, 0.15) is 30.1 Å². The Morgan fingerprint density at radius 2 is 1.94 bits per heavy atom. The van der Waals surface area contributed by atoms with E-state index in [-0.39, 0.29) is 36.2 Å². The summed E-state index contributed by atoms with van der Waals surface area (Å²) in [7, 11) is 1.36. The van der Waals surface area contributed by atoms with E-state index < -0.39 is 16.8 Å². The summed E-state index contributed by atoms with van der Waals surface area (Å²) in [6.07, 6.45) is 0.718. The largest absolute Gasteiger partial charge is 0.494 e. The number of nitro groups is 1. The minimum Gasteiger partial charge on any atom is -0.494 e. The number of nitrogens with zero attached hydrogens (tertiary/aromatic N) is 2. The molecule has 168 valence electrons. The Balaban J connectivity index is 1.67. The number of hydrogen-bond donors (Lipinski definition) is 1. The highest BCUT2D eigenvalue weighted by molar-refractivity contribution is 6.04. The molecule has 2 aromatic carbocycles. The molecule has 32 heavy (non-hydrogen) atoms. The van der Waals surface area contributed by atoms with Gasteiger partial charge < -0.3 is 19.7 Å². The zero-order valence-electron chi connectivity index (χ0n) is 17.7. The summed E-state index contributed by atoms with van der Waals surface area (Å²) in [5.41, 5.74) is 1.08. The Morgan fingerprint density at radius 3 is 2.56 bits per heavy atom. The number of rotatable bonds is 8. The average Bonchev–Trinajstić information content (AvgIpc) is 3.18. The number of ether oxygens (including phenoxy) is 2. The molecule has 2 aromatic rings. The van der Waals surface area contributed by atoms with Gasteiger partial charge in [0.2, 0.25) is 11.8 Å². The van der Waals surface area contributed by atoms with Crippen LogP contribution < -0.4 is 15.0 Å². The van der Waals surface area contributed by atoms with Gasteiger partial charge in [-0.15, -0.1) is 0 Å². The molecule has 0 spiro atoms. The summed E-state index contributed by atoms with van der Waals surface area (Å²) in [5.74, 6) is -1.50. The van der Waals surface area contributed by atoms with Crippen LogP contribution in [0.5, 0.6) is 5.75 Å². The first kappa shape index (κ1) is 22.7. The predicted molar refractivity (Wildman–Crippen MR) is 116 cm³/mol. The number of amides is 2. The third-order valence-electron chi connectivity index (χ3n) is 4.99. The standard InChI is InChI=1S/C22H23N3O7/c1-3-10-32-22(28)14-4-6-16(7-5-14)23-21(27)15-11-20(26)24(13-15)18-9-8-17(25(29)30)12-19(18)31-2/h4-9,12,15H,3,10-11,13H2,1-2H3,(H,23,27)/t15-/m1/s1. The molecule has 1 atom stereocenters. The van der Waals surface area contributed by atoms with Crippen molar-refractivity contribution in [2.24, 2.45) is 5.92 Å². The van der Waals surface area contributed by atoms with Crippen LogP contribution >= 0.6 is 0 Å². The zero-order valence-corrected chi connectivity index (χ0v) is 17.7. The Labute approximate surface area is 184 Å². The molecule has 0 unspecified atom stereocenters. The molecule has 0 radical (unpaired) electrons. The molecule has 0 aromatic heterocycles. The van der Waals surface area contributed by atoms with Crippen molar-refractivity contribution in [3.8, 4) is 5.75 Å². The van der Waals surface area contributed by atoms with Gasteiger partial charge in [0.1, 0.15) is 5.75 Å². The molecule has 1 aliphatic rings. The summed E-state index contributed by atoms with van der Waals surface area (Å²) < 4.78 is 10.3. The van der Waals surface area contributed by atoms with Crippen molar-refractivity contribution >= 4 is 34.8 Å². The van der Waals surface area contributed by atoms with Gasteiger partial charge in [-0.25, -0.2) is 4.79 Å². The highest BCUT2D eigenvalue weighted by Crippen LogP contribution is 2.36. The fraction of sp³-hybridized carbons (Fsp3) is 0.318. The maximum Gasteiger partial charge on any atom is 0.338 e. The third kappa shape index (κ3) is 5.02. The Hall–Kier alpha value is -3.95. The molecule has 0 bridgehead atoms. The van der Waals surface area contributed by atoms with Gasteiger partial charge in [-0.05, 0) is 36.8 Å². The van der Waals surface area contributed by atoms with E-state index in [0.29, 0.717) is 23.5 Å². The Morgan fingerprint density at radius 1 is 1.22 bits per heavy atom. The van der Waals surface area contributed by atoms with Crippen molar-refractivity contribution in [3.63, 3.8) is 0 Å². The van der Waals surface area contributed by atoms with Crippen LogP contribution in [0.25, 0.3) is 0 Å². The van der Waals surface area contributed by atoms with Crippen molar-refractivity contribution in [1.82, 2.24) is 0 Å². The van der Waals surface area contributed by atoms with Crippen LogP contribution in [-0.2, 0) is 14.3 Å². The molecule has 1 fully saturated rings. The van der Waals surface area contributed by atoms with Crippen LogP contribution in [0, 0.1) is 16.0 Å². The first-order chi connectivity index (χ1) is 15.3. The number of nitro benzene ring substituents is 1. The maximum atomic E-state index is 12.7. The highest BCUT2D eigenvalue weighted by Gasteiger charge is 2.36. The first-order valence-electron chi connectivity index (χ1n) is 10.0. The number of non-ortho nitro benzene ring substituents is 1. The second kappa shape index (κ2) is 9.90. The molecular weight excluding hydrogens is 418 g/mol. The molecule has 1 N–H and O–H groups in total. The van der Waals surface area contributed by atoms with Crippen LogP contribution in [0.2, 0.25) is 0 Å². The van der Waals surface area contributed by atoms with Gasteiger partial charge in [-0.2, -0.15) is 0 Å². The van der Waals surface area contributed by atoms with Crippen LogP contribution in [-0.4, -0.2) is 43.0 Å². The number of methoxy groups -OCH3 is 1. The number of carbonyl (C=O) groups is 3. The predicted octanol–water partition coefficient (Wildman–Crippen LogP) is 3.16. The lowest BCUT2D eigenvalue weighted by molar-refractivity contribution is -0.384. The van der Waals surface area contributed by atoms with E-state index in [1.165, 1.54) is 30.2 Å². The van der Waals surface area contributed by atoms with Gasteiger partial charge in [0.25, 0.3) is 5.69 Å². The molecule has 2 amide bonds. The Bertz CT molecular complexity index is 1040. The summed E-state index contributed by atoms with van der Waals surface area (Å²) in [4.78, 5) is 48.9. The lowest BCUT2D eigenvalue weighted by Crippen LogP contribution is -2.28. The SMILES string of the molecule is CCCOC(=O)c1ccc(NC(=O)[C@@H]2CC(=O)N(c3ccc([N+](=O)[O-])cc3OC)C2)cc1. The van der Waals surface area contributed by atoms with E-state index in [2.05, 4.69) is 5.32 Å². The van der Waals surface area contributed by atoms with Gasteiger partial charge in [-0.1, -0.05) is 6.92 Å². The summed E-state index contributed by atoms with van der Waals surface area (Å²) in [6.45, 7) is 2.35. The zero-order chi connectivity index (χ0) is 23.3. The highest BCUT2D eigenvalue weighted by atomic mass is 16.6. The molecule has 1 aliphatic heterocycles. The fourth-order valence-corrected chi connectivity index (χ4v) is 3.33. The minimum absolute atomic E-state index is 0.00655. The smallest absolute Gasteiger partial charge is 0.338 e. The fourth-order valence-electron chi connectivity index (χ4n) is 3.33. The number of benzene rings is 2. The lowest BCUT2D eigenvalue weighted by Gasteiger charge is -2.19. The molecule has 3 rings (SSSR count). The van der Waals surface area contributed by atoms with E-state index in [4.69, 9.17) is 9.47 Å². The summed E-state index contributed by atoms with van der Waals surface area (Å²) >= 11 is 0. The van der Waals surface area contributed by atoms with Gasteiger partial charge in [0.05, 0.1) is 41.9 Å². The normalized spacial score (nSPS) is 15.4. The number of anilines is 2.